The summed E-state index contributed by atoms with van der Waals surface area (Å²) in [5.41, 5.74) is 2.69. The maximum Gasteiger partial charge on any atom is 0.417 e. The summed E-state index contributed by atoms with van der Waals surface area (Å²) in [5.74, 6) is -0.665. The van der Waals surface area contributed by atoms with Crippen LogP contribution in [0.4, 0.5) is 10.1 Å². The molecule has 0 radical (unpaired) electrons. The van der Waals surface area contributed by atoms with Crippen LogP contribution in [0.3, 0.4) is 0 Å². The number of fused-ring (bicyclic) bond motifs is 1. The average Bonchev–Trinajstić information content (AvgIpc) is 2.80. The van der Waals surface area contributed by atoms with E-state index in [-0.39, 0.29) is 11.9 Å². The molecule has 0 bridgehead atoms. The van der Waals surface area contributed by atoms with Gasteiger partial charge in [-0.3, -0.25) is 4.98 Å². The molecule has 0 aliphatic carbocycles. The Morgan fingerprint density at radius 1 is 1.29 bits per heavy atom. The number of anilines is 1. The molecule has 3 aromatic rings. The molecule has 2 N–H and O–H groups in total. The summed E-state index contributed by atoms with van der Waals surface area (Å²) in [6.07, 6.45) is 0.576. The molecule has 0 aliphatic heterocycles. The molecule has 5 heteroatoms. The van der Waals surface area contributed by atoms with Crippen molar-refractivity contribution in [2.75, 3.05) is 5.32 Å². The first-order valence-electron chi connectivity index (χ1n) is 6.74. The molecule has 1 atom stereocenters. The van der Waals surface area contributed by atoms with E-state index in [1.807, 2.05) is 19.1 Å². The van der Waals surface area contributed by atoms with Crippen molar-refractivity contribution in [3.8, 4) is 0 Å². The van der Waals surface area contributed by atoms with Gasteiger partial charge in [0, 0.05) is 11.7 Å². The van der Waals surface area contributed by atoms with Gasteiger partial charge in [-0.15, -0.1) is 0 Å². The minimum absolute atomic E-state index is 0.0537. The number of aromatic amines is 1. The molecule has 3 rings (SSSR count). The lowest BCUT2D eigenvalue weighted by molar-refractivity contribution is 0.555. The van der Waals surface area contributed by atoms with Crippen molar-refractivity contribution >= 4 is 16.8 Å². The van der Waals surface area contributed by atoms with Crippen molar-refractivity contribution < 1.29 is 8.81 Å². The summed E-state index contributed by atoms with van der Waals surface area (Å²) in [5, 5.41) is 3.29. The zero-order chi connectivity index (χ0) is 14.8. The van der Waals surface area contributed by atoms with E-state index in [9.17, 15) is 9.18 Å². The predicted octanol–water partition coefficient (Wildman–Crippen LogP) is 3.30. The fourth-order valence-electron chi connectivity index (χ4n) is 2.37. The first kappa shape index (κ1) is 13.4. The first-order chi connectivity index (χ1) is 10.1. The van der Waals surface area contributed by atoms with E-state index in [2.05, 4.69) is 10.3 Å². The molecule has 0 spiro atoms. The second-order valence-electron chi connectivity index (χ2n) is 5.07. The number of hydrogen-bond acceptors (Lipinski definition) is 3. The summed E-state index contributed by atoms with van der Waals surface area (Å²) < 4.78 is 18.6. The lowest BCUT2D eigenvalue weighted by Crippen LogP contribution is -2.18. The Kier molecular flexibility index (Phi) is 3.48. The topological polar surface area (TPSA) is 58.0 Å². The van der Waals surface area contributed by atoms with E-state index in [4.69, 9.17) is 4.42 Å². The molecule has 108 valence electrons. The van der Waals surface area contributed by atoms with Crippen molar-refractivity contribution in [3.63, 3.8) is 0 Å². The second kappa shape index (κ2) is 5.44. The third-order valence-corrected chi connectivity index (χ3v) is 3.32. The Morgan fingerprint density at radius 2 is 2.10 bits per heavy atom. The molecular weight excluding hydrogens is 271 g/mol. The Hall–Kier alpha value is -2.56. The van der Waals surface area contributed by atoms with Gasteiger partial charge in [0.15, 0.2) is 5.58 Å². The highest BCUT2D eigenvalue weighted by atomic mass is 19.1. The second-order valence-corrected chi connectivity index (χ2v) is 5.07. The fraction of sp³-hybridized carbons (Fsp3) is 0.188. The number of aromatic nitrogens is 1. The highest BCUT2D eigenvalue weighted by Crippen LogP contribution is 2.18. The predicted molar refractivity (Wildman–Crippen MR) is 80.0 cm³/mol. The highest BCUT2D eigenvalue weighted by Gasteiger charge is 2.08. The lowest BCUT2D eigenvalue weighted by Gasteiger charge is -2.15. The van der Waals surface area contributed by atoms with E-state index in [0.29, 0.717) is 23.1 Å². The summed E-state index contributed by atoms with van der Waals surface area (Å²) in [6, 6.07) is 12.2. The van der Waals surface area contributed by atoms with Gasteiger partial charge in [-0.1, -0.05) is 18.2 Å². The number of rotatable bonds is 4. The summed E-state index contributed by atoms with van der Waals surface area (Å²) in [4.78, 5) is 13.7. The SMILES string of the molecule is CC(Cc1ccccc1F)Nc1ccc2oc(=O)[nH]c2c1. The monoisotopic (exact) mass is 286 g/mol. The molecule has 0 fully saturated rings. The van der Waals surface area contributed by atoms with Gasteiger partial charge in [-0.2, -0.15) is 0 Å². The van der Waals surface area contributed by atoms with E-state index in [0.717, 1.165) is 5.69 Å². The van der Waals surface area contributed by atoms with Crippen molar-refractivity contribution in [1.29, 1.82) is 0 Å². The number of hydrogen-bond donors (Lipinski definition) is 2. The van der Waals surface area contributed by atoms with Crippen LogP contribution in [0.2, 0.25) is 0 Å². The van der Waals surface area contributed by atoms with Gasteiger partial charge in [0.2, 0.25) is 0 Å². The molecule has 1 heterocycles. The van der Waals surface area contributed by atoms with Crippen LogP contribution in [0.5, 0.6) is 0 Å². The quantitative estimate of drug-likeness (QED) is 0.773. The molecule has 0 amide bonds. The molecule has 1 aromatic heterocycles. The van der Waals surface area contributed by atoms with Gasteiger partial charge in [0.05, 0.1) is 5.52 Å². The van der Waals surface area contributed by atoms with Crippen LogP contribution >= 0.6 is 0 Å². The largest absolute Gasteiger partial charge is 0.417 e. The third kappa shape index (κ3) is 2.97. The molecule has 0 saturated carbocycles. The summed E-state index contributed by atoms with van der Waals surface area (Å²) in [6.45, 7) is 1.98. The van der Waals surface area contributed by atoms with Crippen LogP contribution < -0.4 is 11.1 Å². The number of oxazole rings is 1. The standard InChI is InChI=1S/C16H15FN2O2/c1-10(8-11-4-2-3-5-13(11)17)18-12-6-7-15-14(9-12)19-16(20)21-15/h2-7,9-10,18H,8H2,1H3,(H,19,20). The Bertz CT molecular complexity index is 822. The van der Waals surface area contributed by atoms with Gasteiger partial charge in [0.25, 0.3) is 0 Å². The molecule has 0 aliphatic rings. The Balaban J connectivity index is 1.75. The van der Waals surface area contributed by atoms with Crippen LogP contribution in [0, 0.1) is 5.82 Å². The van der Waals surface area contributed by atoms with E-state index < -0.39 is 5.76 Å². The van der Waals surface area contributed by atoms with Crippen molar-refractivity contribution in [2.24, 2.45) is 0 Å². The van der Waals surface area contributed by atoms with Crippen LogP contribution in [0.25, 0.3) is 11.1 Å². The molecule has 4 nitrogen and oxygen atoms in total. The number of benzene rings is 2. The molecule has 0 saturated heterocycles. The lowest BCUT2D eigenvalue weighted by atomic mass is 10.1. The van der Waals surface area contributed by atoms with Gasteiger partial charge in [0.1, 0.15) is 5.82 Å². The van der Waals surface area contributed by atoms with E-state index in [1.165, 1.54) is 6.07 Å². The van der Waals surface area contributed by atoms with Crippen LogP contribution in [0.1, 0.15) is 12.5 Å². The summed E-state index contributed by atoms with van der Waals surface area (Å²) >= 11 is 0. The minimum Gasteiger partial charge on any atom is -0.408 e. The Morgan fingerprint density at radius 3 is 2.90 bits per heavy atom. The van der Waals surface area contributed by atoms with Crippen LogP contribution in [0.15, 0.2) is 51.7 Å². The normalized spacial score (nSPS) is 12.5. The van der Waals surface area contributed by atoms with E-state index in [1.54, 1.807) is 24.3 Å². The van der Waals surface area contributed by atoms with Crippen molar-refractivity contribution in [1.82, 2.24) is 4.98 Å². The van der Waals surface area contributed by atoms with Crippen LogP contribution in [-0.4, -0.2) is 11.0 Å². The average molecular weight is 286 g/mol. The minimum atomic E-state index is -0.471. The number of H-pyrrole nitrogens is 1. The zero-order valence-corrected chi connectivity index (χ0v) is 11.5. The number of halogens is 1. The summed E-state index contributed by atoms with van der Waals surface area (Å²) in [7, 11) is 0. The maximum absolute atomic E-state index is 13.6. The highest BCUT2D eigenvalue weighted by molar-refractivity contribution is 5.76. The molecule has 21 heavy (non-hydrogen) atoms. The Labute approximate surface area is 120 Å². The molecule has 1 unspecified atom stereocenters. The van der Waals surface area contributed by atoms with Crippen molar-refractivity contribution in [2.45, 2.75) is 19.4 Å². The van der Waals surface area contributed by atoms with E-state index >= 15 is 0 Å². The first-order valence-corrected chi connectivity index (χ1v) is 6.74. The number of nitrogens with one attached hydrogen (secondary N) is 2. The van der Waals surface area contributed by atoms with Gasteiger partial charge < -0.3 is 9.73 Å². The molecular formula is C16H15FN2O2. The van der Waals surface area contributed by atoms with Crippen molar-refractivity contribution in [3.05, 3.63) is 64.4 Å². The zero-order valence-electron chi connectivity index (χ0n) is 11.5. The maximum atomic E-state index is 13.6. The smallest absolute Gasteiger partial charge is 0.408 e. The van der Waals surface area contributed by atoms with Gasteiger partial charge in [-0.25, -0.2) is 9.18 Å². The van der Waals surface area contributed by atoms with Gasteiger partial charge in [-0.05, 0) is 43.2 Å². The fourth-order valence-corrected chi connectivity index (χ4v) is 2.37. The van der Waals surface area contributed by atoms with Crippen LogP contribution in [-0.2, 0) is 6.42 Å². The van der Waals surface area contributed by atoms with Gasteiger partial charge >= 0.3 is 5.76 Å². The molecule has 2 aromatic carbocycles. The third-order valence-electron chi connectivity index (χ3n) is 3.32.